The highest BCUT2D eigenvalue weighted by atomic mass is 32.1. The van der Waals surface area contributed by atoms with Gasteiger partial charge in [0.05, 0.1) is 15.7 Å². The molecule has 1 fully saturated rings. The Labute approximate surface area is 80.6 Å². The first-order chi connectivity index (χ1) is 6.43. The van der Waals surface area contributed by atoms with E-state index in [4.69, 9.17) is 0 Å². The second kappa shape index (κ2) is 2.79. The number of rotatable bonds is 1. The topological polar surface area (TPSA) is 24.9 Å². The van der Waals surface area contributed by atoms with Gasteiger partial charge in [0.15, 0.2) is 0 Å². The van der Waals surface area contributed by atoms with Gasteiger partial charge >= 0.3 is 0 Å². The average Bonchev–Trinajstić information content (AvgIpc) is 2.47. The summed E-state index contributed by atoms with van der Waals surface area (Å²) in [6.45, 7) is 2.26. The van der Waals surface area contributed by atoms with E-state index in [9.17, 15) is 0 Å². The molecule has 0 aliphatic carbocycles. The fraction of sp³-hybridized carbons (Fsp3) is 0.300. The van der Waals surface area contributed by atoms with Crippen molar-refractivity contribution in [2.75, 3.05) is 13.1 Å². The zero-order valence-electron chi connectivity index (χ0n) is 7.16. The van der Waals surface area contributed by atoms with Crippen LogP contribution < -0.4 is 5.32 Å². The highest BCUT2D eigenvalue weighted by Crippen LogP contribution is 2.25. The van der Waals surface area contributed by atoms with E-state index in [1.807, 2.05) is 5.51 Å². The Morgan fingerprint density at radius 1 is 1.38 bits per heavy atom. The van der Waals surface area contributed by atoms with Crippen LogP contribution in [0.5, 0.6) is 0 Å². The van der Waals surface area contributed by atoms with Crippen LogP contribution >= 0.6 is 11.3 Å². The quantitative estimate of drug-likeness (QED) is 0.743. The Morgan fingerprint density at radius 3 is 3.08 bits per heavy atom. The molecule has 1 aliphatic rings. The molecule has 1 aromatic heterocycles. The maximum absolute atomic E-state index is 4.27. The van der Waals surface area contributed by atoms with Crippen molar-refractivity contribution in [2.24, 2.45) is 0 Å². The van der Waals surface area contributed by atoms with Gasteiger partial charge in [0, 0.05) is 19.0 Å². The van der Waals surface area contributed by atoms with Crippen molar-refractivity contribution in [3.63, 3.8) is 0 Å². The van der Waals surface area contributed by atoms with Crippen LogP contribution in [0.3, 0.4) is 0 Å². The number of fused-ring (bicyclic) bond motifs is 1. The van der Waals surface area contributed by atoms with E-state index >= 15 is 0 Å². The smallest absolute Gasteiger partial charge is 0.0812 e. The minimum absolute atomic E-state index is 0.728. The van der Waals surface area contributed by atoms with Crippen LogP contribution in [0.15, 0.2) is 23.7 Å². The Morgan fingerprint density at radius 2 is 2.31 bits per heavy atom. The Hall–Kier alpha value is -0.930. The van der Waals surface area contributed by atoms with Crippen LogP contribution in [0.25, 0.3) is 10.2 Å². The molecule has 13 heavy (non-hydrogen) atoms. The molecule has 1 saturated heterocycles. The fourth-order valence-corrected chi connectivity index (χ4v) is 2.38. The number of nitrogens with one attached hydrogen (secondary N) is 1. The molecule has 0 spiro atoms. The van der Waals surface area contributed by atoms with Crippen molar-refractivity contribution in [1.29, 1.82) is 0 Å². The molecule has 0 saturated carbocycles. The van der Waals surface area contributed by atoms with E-state index in [0.717, 1.165) is 24.5 Å². The molecular weight excluding hydrogens is 180 g/mol. The number of nitrogens with zero attached hydrogens (tertiary/aromatic N) is 1. The van der Waals surface area contributed by atoms with Crippen LogP contribution in [0, 0.1) is 0 Å². The molecule has 1 N–H and O–H groups in total. The van der Waals surface area contributed by atoms with Gasteiger partial charge in [-0.2, -0.15) is 0 Å². The molecule has 1 aliphatic heterocycles. The second-order valence-electron chi connectivity index (χ2n) is 3.43. The monoisotopic (exact) mass is 190 g/mol. The predicted molar refractivity (Wildman–Crippen MR) is 55.2 cm³/mol. The lowest BCUT2D eigenvalue weighted by Crippen LogP contribution is -2.39. The summed E-state index contributed by atoms with van der Waals surface area (Å²) in [6.07, 6.45) is 0. The number of aromatic nitrogens is 1. The van der Waals surface area contributed by atoms with Gasteiger partial charge in [-0.05, 0) is 17.7 Å². The lowest BCUT2D eigenvalue weighted by atomic mass is 9.94. The summed E-state index contributed by atoms with van der Waals surface area (Å²) < 4.78 is 1.31. The van der Waals surface area contributed by atoms with E-state index in [2.05, 4.69) is 28.5 Å². The Kier molecular flexibility index (Phi) is 1.60. The normalized spacial score (nSPS) is 17.5. The zero-order valence-corrected chi connectivity index (χ0v) is 7.97. The largest absolute Gasteiger partial charge is 0.315 e. The molecule has 1 aromatic carbocycles. The summed E-state index contributed by atoms with van der Waals surface area (Å²) in [6, 6.07) is 6.60. The van der Waals surface area contributed by atoms with E-state index < -0.39 is 0 Å². The third-order valence-electron chi connectivity index (χ3n) is 2.61. The van der Waals surface area contributed by atoms with Gasteiger partial charge in [0.2, 0.25) is 0 Å². The summed E-state index contributed by atoms with van der Waals surface area (Å²) in [5, 5.41) is 3.29. The van der Waals surface area contributed by atoms with Gasteiger partial charge in [0.25, 0.3) is 0 Å². The minimum atomic E-state index is 0.728. The molecule has 3 heteroatoms. The lowest BCUT2D eigenvalue weighted by Gasteiger charge is -2.27. The molecule has 0 atom stereocenters. The van der Waals surface area contributed by atoms with Crippen molar-refractivity contribution in [3.8, 4) is 0 Å². The Balaban J connectivity index is 2.09. The van der Waals surface area contributed by atoms with E-state index in [0.29, 0.717) is 0 Å². The standard InChI is InChI=1S/C10H10N2S/c1-2-9-10(13-6-12-9)3-7(1)8-4-11-5-8/h1-3,6,8,11H,4-5H2. The third-order valence-corrected chi connectivity index (χ3v) is 3.40. The van der Waals surface area contributed by atoms with Gasteiger partial charge in [-0.25, -0.2) is 4.98 Å². The number of thiazole rings is 1. The van der Waals surface area contributed by atoms with Gasteiger partial charge in [-0.15, -0.1) is 11.3 Å². The molecule has 0 radical (unpaired) electrons. The second-order valence-corrected chi connectivity index (χ2v) is 4.32. The summed E-state index contributed by atoms with van der Waals surface area (Å²) in [4.78, 5) is 4.27. The summed E-state index contributed by atoms with van der Waals surface area (Å²) in [7, 11) is 0. The van der Waals surface area contributed by atoms with Crippen LogP contribution in [0.2, 0.25) is 0 Å². The Bertz CT molecular complexity index is 431. The van der Waals surface area contributed by atoms with E-state index in [-0.39, 0.29) is 0 Å². The average molecular weight is 190 g/mol. The van der Waals surface area contributed by atoms with Gasteiger partial charge in [0.1, 0.15) is 0 Å². The highest BCUT2D eigenvalue weighted by molar-refractivity contribution is 7.16. The predicted octanol–water partition coefficient (Wildman–Crippen LogP) is 1.98. The van der Waals surface area contributed by atoms with Gasteiger partial charge in [-0.3, -0.25) is 0 Å². The third kappa shape index (κ3) is 1.16. The molecule has 3 rings (SSSR count). The van der Waals surface area contributed by atoms with E-state index in [1.165, 1.54) is 10.3 Å². The first-order valence-electron chi connectivity index (χ1n) is 4.47. The van der Waals surface area contributed by atoms with Crippen LogP contribution in [0.1, 0.15) is 11.5 Å². The fourth-order valence-electron chi connectivity index (χ4n) is 1.65. The van der Waals surface area contributed by atoms with Crippen LogP contribution in [0.4, 0.5) is 0 Å². The summed E-state index contributed by atoms with van der Waals surface area (Å²) in [5.74, 6) is 0.728. The number of hydrogen-bond acceptors (Lipinski definition) is 3. The van der Waals surface area contributed by atoms with Crippen LogP contribution in [-0.2, 0) is 0 Å². The highest BCUT2D eigenvalue weighted by Gasteiger charge is 2.18. The maximum Gasteiger partial charge on any atom is 0.0812 e. The van der Waals surface area contributed by atoms with E-state index in [1.54, 1.807) is 11.3 Å². The van der Waals surface area contributed by atoms with Crippen molar-refractivity contribution in [1.82, 2.24) is 10.3 Å². The van der Waals surface area contributed by atoms with Gasteiger partial charge in [-0.1, -0.05) is 6.07 Å². The van der Waals surface area contributed by atoms with Crippen molar-refractivity contribution in [2.45, 2.75) is 5.92 Å². The molecule has 0 bridgehead atoms. The first kappa shape index (κ1) is 7.47. The lowest BCUT2D eigenvalue weighted by molar-refractivity contribution is 0.449. The number of hydrogen-bond donors (Lipinski definition) is 1. The first-order valence-corrected chi connectivity index (χ1v) is 5.35. The van der Waals surface area contributed by atoms with Crippen molar-refractivity contribution in [3.05, 3.63) is 29.3 Å². The molecule has 0 unspecified atom stereocenters. The molecule has 2 aromatic rings. The van der Waals surface area contributed by atoms with Crippen LogP contribution in [-0.4, -0.2) is 18.1 Å². The maximum atomic E-state index is 4.27. The van der Waals surface area contributed by atoms with Gasteiger partial charge < -0.3 is 5.32 Å². The number of benzene rings is 1. The molecular formula is C10H10N2S. The SMILES string of the molecule is c1nc2ccc(C3CNC3)cc2s1. The minimum Gasteiger partial charge on any atom is -0.315 e. The van der Waals surface area contributed by atoms with Crippen molar-refractivity contribution >= 4 is 21.6 Å². The molecule has 0 amide bonds. The van der Waals surface area contributed by atoms with Crippen molar-refractivity contribution < 1.29 is 0 Å². The molecule has 2 nitrogen and oxygen atoms in total. The summed E-state index contributed by atoms with van der Waals surface area (Å²) >= 11 is 1.72. The zero-order chi connectivity index (χ0) is 8.67. The molecule has 2 heterocycles. The molecule has 66 valence electrons. The summed E-state index contributed by atoms with van der Waals surface area (Å²) in [5.41, 5.74) is 4.49.